The molecule has 0 radical (unpaired) electrons. The predicted octanol–water partition coefficient (Wildman–Crippen LogP) is 3.99. The zero-order chi connectivity index (χ0) is 14.4. The maximum Gasteiger partial charge on any atom is 0.219 e. The zero-order valence-electron chi connectivity index (χ0n) is 12.4. The normalized spacial score (nSPS) is 10.6. The van der Waals surface area contributed by atoms with E-state index in [1.54, 1.807) is 0 Å². The van der Waals surface area contributed by atoms with Crippen LogP contribution in [0, 0.1) is 13.8 Å². The molecule has 0 atom stereocenters. The average Bonchev–Trinajstić information content (AvgIpc) is 2.45. The van der Waals surface area contributed by atoms with E-state index in [0.29, 0.717) is 5.88 Å². The van der Waals surface area contributed by atoms with Crippen molar-refractivity contribution in [3.05, 3.63) is 53.2 Å². The Morgan fingerprint density at radius 2 is 1.95 bits per heavy atom. The molecule has 0 saturated carbocycles. The summed E-state index contributed by atoms with van der Waals surface area (Å²) in [5.74, 6) is 1.46. The van der Waals surface area contributed by atoms with Gasteiger partial charge in [-0.3, -0.25) is 0 Å². The Kier molecular flexibility index (Phi) is 5.13. The van der Waals surface area contributed by atoms with E-state index in [2.05, 4.69) is 37.1 Å². The SMILES string of the molecule is CCCNCc1ccc(Oc2ccc(C)c(C)c2)nc1. The number of rotatable bonds is 6. The molecule has 2 aromatic rings. The largest absolute Gasteiger partial charge is 0.439 e. The highest BCUT2D eigenvalue weighted by Gasteiger charge is 2.01. The monoisotopic (exact) mass is 270 g/mol. The molecule has 0 aliphatic carbocycles. The maximum absolute atomic E-state index is 5.76. The van der Waals surface area contributed by atoms with Gasteiger partial charge in [0.15, 0.2) is 0 Å². The maximum atomic E-state index is 5.76. The number of pyridine rings is 1. The lowest BCUT2D eigenvalue weighted by molar-refractivity contribution is 0.462. The fraction of sp³-hybridized carbons (Fsp3) is 0.353. The van der Waals surface area contributed by atoms with Gasteiger partial charge in [0.05, 0.1) is 0 Å². The van der Waals surface area contributed by atoms with Gasteiger partial charge in [-0.1, -0.05) is 19.1 Å². The number of nitrogens with one attached hydrogen (secondary N) is 1. The predicted molar refractivity (Wildman–Crippen MR) is 82.2 cm³/mol. The Bertz CT molecular complexity index is 549. The Labute approximate surface area is 121 Å². The van der Waals surface area contributed by atoms with Crippen molar-refractivity contribution in [2.75, 3.05) is 6.54 Å². The van der Waals surface area contributed by atoms with E-state index in [4.69, 9.17) is 4.74 Å². The first kappa shape index (κ1) is 14.5. The smallest absolute Gasteiger partial charge is 0.219 e. The van der Waals surface area contributed by atoms with Gasteiger partial charge >= 0.3 is 0 Å². The topological polar surface area (TPSA) is 34.1 Å². The van der Waals surface area contributed by atoms with E-state index in [0.717, 1.165) is 25.3 Å². The third-order valence-electron chi connectivity index (χ3n) is 3.25. The summed E-state index contributed by atoms with van der Waals surface area (Å²) in [5.41, 5.74) is 3.66. The number of aryl methyl sites for hydroxylation is 2. The summed E-state index contributed by atoms with van der Waals surface area (Å²) in [7, 11) is 0. The molecule has 0 spiro atoms. The molecule has 1 heterocycles. The highest BCUT2D eigenvalue weighted by atomic mass is 16.5. The van der Waals surface area contributed by atoms with Crippen LogP contribution in [0.4, 0.5) is 0 Å². The van der Waals surface area contributed by atoms with Crippen LogP contribution in [-0.4, -0.2) is 11.5 Å². The van der Waals surface area contributed by atoms with Crippen LogP contribution in [0.25, 0.3) is 0 Å². The highest BCUT2D eigenvalue weighted by Crippen LogP contribution is 2.22. The number of ether oxygens (including phenoxy) is 1. The number of nitrogens with zero attached hydrogens (tertiary/aromatic N) is 1. The zero-order valence-corrected chi connectivity index (χ0v) is 12.4. The quantitative estimate of drug-likeness (QED) is 0.806. The Balaban J connectivity index is 1.97. The molecule has 2 rings (SSSR count). The van der Waals surface area contributed by atoms with Crippen LogP contribution < -0.4 is 10.1 Å². The second-order valence-electron chi connectivity index (χ2n) is 5.03. The first-order valence-corrected chi connectivity index (χ1v) is 7.10. The van der Waals surface area contributed by atoms with Gasteiger partial charge in [0.1, 0.15) is 5.75 Å². The molecule has 3 nitrogen and oxygen atoms in total. The summed E-state index contributed by atoms with van der Waals surface area (Å²) < 4.78 is 5.76. The van der Waals surface area contributed by atoms with Crippen molar-refractivity contribution in [1.29, 1.82) is 0 Å². The van der Waals surface area contributed by atoms with Crippen LogP contribution in [0.2, 0.25) is 0 Å². The molecular weight excluding hydrogens is 248 g/mol. The van der Waals surface area contributed by atoms with E-state index in [-0.39, 0.29) is 0 Å². The van der Waals surface area contributed by atoms with Gasteiger partial charge in [-0.15, -0.1) is 0 Å². The van der Waals surface area contributed by atoms with E-state index in [1.165, 1.54) is 16.7 Å². The van der Waals surface area contributed by atoms with Gasteiger partial charge in [0.2, 0.25) is 5.88 Å². The van der Waals surface area contributed by atoms with Crippen LogP contribution in [0.5, 0.6) is 11.6 Å². The lowest BCUT2D eigenvalue weighted by atomic mass is 10.1. The third kappa shape index (κ3) is 4.07. The molecule has 0 aliphatic rings. The molecule has 1 aromatic heterocycles. The Hall–Kier alpha value is -1.87. The average molecular weight is 270 g/mol. The van der Waals surface area contributed by atoms with Gasteiger partial charge < -0.3 is 10.1 Å². The molecule has 1 N–H and O–H groups in total. The van der Waals surface area contributed by atoms with Crippen molar-refractivity contribution in [3.63, 3.8) is 0 Å². The van der Waals surface area contributed by atoms with Crippen LogP contribution in [0.3, 0.4) is 0 Å². The molecule has 0 saturated heterocycles. The van der Waals surface area contributed by atoms with Gasteiger partial charge in [0, 0.05) is 18.8 Å². The van der Waals surface area contributed by atoms with Crippen molar-refractivity contribution in [2.45, 2.75) is 33.7 Å². The molecule has 0 amide bonds. The second-order valence-corrected chi connectivity index (χ2v) is 5.03. The van der Waals surface area contributed by atoms with E-state index in [1.807, 2.05) is 30.5 Å². The van der Waals surface area contributed by atoms with E-state index >= 15 is 0 Å². The summed E-state index contributed by atoms with van der Waals surface area (Å²) in [6, 6.07) is 10.0. The molecule has 3 heteroatoms. The standard InChI is InChI=1S/C17H22N2O/c1-4-9-18-11-15-6-8-17(19-12-15)20-16-7-5-13(2)14(3)10-16/h5-8,10,12,18H,4,9,11H2,1-3H3. The number of aromatic nitrogens is 1. The summed E-state index contributed by atoms with van der Waals surface area (Å²) in [5, 5.41) is 3.35. The fourth-order valence-electron chi connectivity index (χ4n) is 1.88. The van der Waals surface area contributed by atoms with Crippen molar-refractivity contribution in [3.8, 4) is 11.6 Å². The molecule has 106 valence electrons. The van der Waals surface area contributed by atoms with Gasteiger partial charge in [0.25, 0.3) is 0 Å². The molecule has 1 aromatic carbocycles. The summed E-state index contributed by atoms with van der Waals surface area (Å²) in [4.78, 5) is 4.34. The lowest BCUT2D eigenvalue weighted by Crippen LogP contribution is -2.13. The minimum atomic E-state index is 0.632. The molecule has 0 fully saturated rings. The van der Waals surface area contributed by atoms with Gasteiger partial charge in [-0.25, -0.2) is 4.98 Å². The van der Waals surface area contributed by atoms with Crippen molar-refractivity contribution in [1.82, 2.24) is 10.3 Å². The van der Waals surface area contributed by atoms with Gasteiger partial charge in [-0.05, 0) is 55.6 Å². The van der Waals surface area contributed by atoms with Crippen LogP contribution in [0.15, 0.2) is 36.5 Å². The first-order valence-electron chi connectivity index (χ1n) is 7.10. The molecule has 0 aliphatic heterocycles. The molecule has 0 bridgehead atoms. The van der Waals surface area contributed by atoms with Crippen molar-refractivity contribution in [2.24, 2.45) is 0 Å². The summed E-state index contributed by atoms with van der Waals surface area (Å²) in [6.45, 7) is 8.21. The lowest BCUT2D eigenvalue weighted by Gasteiger charge is -2.08. The third-order valence-corrected chi connectivity index (χ3v) is 3.25. The summed E-state index contributed by atoms with van der Waals surface area (Å²) >= 11 is 0. The molecular formula is C17H22N2O. The summed E-state index contributed by atoms with van der Waals surface area (Å²) in [6.07, 6.45) is 3.00. The Morgan fingerprint density at radius 3 is 2.60 bits per heavy atom. The molecule has 0 unspecified atom stereocenters. The fourth-order valence-corrected chi connectivity index (χ4v) is 1.88. The number of hydrogen-bond donors (Lipinski definition) is 1. The molecule has 20 heavy (non-hydrogen) atoms. The number of benzene rings is 1. The minimum absolute atomic E-state index is 0.632. The van der Waals surface area contributed by atoms with Crippen LogP contribution >= 0.6 is 0 Å². The van der Waals surface area contributed by atoms with Gasteiger partial charge in [-0.2, -0.15) is 0 Å². The van der Waals surface area contributed by atoms with E-state index in [9.17, 15) is 0 Å². The minimum Gasteiger partial charge on any atom is -0.439 e. The van der Waals surface area contributed by atoms with Crippen molar-refractivity contribution >= 4 is 0 Å². The van der Waals surface area contributed by atoms with E-state index < -0.39 is 0 Å². The first-order chi connectivity index (χ1) is 9.69. The second kappa shape index (κ2) is 7.06. The van der Waals surface area contributed by atoms with Crippen LogP contribution in [-0.2, 0) is 6.54 Å². The van der Waals surface area contributed by atoms with Crippen molar-refractivity contribution < 1.29 is 4.74 Å². The number of hydrogen-bond acceptors (Lipinski definition) is 3. The Morgan fingerprint density at radius 1 is 1.10 bits per heavy atom. The highest BCUT2D eigenvalue weighted by molar-refractivity contribution is 5.36. The van der Waals surface area contributed by atoms with Crippen LogP contribution in [0.1, 0.15) is 30.0 Å².